The molecule has 0 aliphatic rings. The van der Waals surface area contributed by atoms with Crippen molar-refractivity contribution in [3.05, 3.63) is 35.9 Å². The lowest BCUT2D eigenvalue weighted by atomic mass is 10.1. The van der Waals surface area contributed by atoms with E-state index < -0.39 is 8.25 Å². The van der Waals surface area contributed by atoms with Crippen molar-refractivity contribution in [3.8, 4) is 0 Å². The maximum Gasteiger partial charge on any atom is 0.314 e. The van der Waals surface area contributed by atoms with E-state index >= 15 is 0 Å². The van der Waals surface area contributed by atoms with Gasteiger partial charge in [-0.1, -0.05) is 43.7 Å². The molecule has 1 aromatic carbocycles. The fraction of sp³-hybridized carbons (Fsp3) is 0.400. The fourth-order valence-electron chi connectivity index (χ4n) is 1.03. The average molecular weight is 216 g/mol. The van der Waals surface area contributed by atoms with E-state index in [1.54, 1.807) is 0 Å². The minimum atomic E-state index is -3.13. The van der Waals surface area contributed by atoms with Gasteiger partial charge in [0.1, 0.15) is 0 Å². The van der Waals surface area contributed by atoms with Gasteiger partial charge in [-0.2, -0.15) is 0 Å². The van der Waals surface area contributed by atoms with E-state index in [0.717, 1.165) is 0 Å². The van der Waals surface area contributed by atoms with Gasteiger partial charge in [0.15, 0.2) is 0 Å². The molecule has 0 unspecified atom stereocenters. The molecule has 0 atom stereocenters. The number of rotatable bonds is 3. The molecule has 0 saturated carbocycles. The molecule has 0 aliphatic carbocycles. The molecule has 80 valence electrons. The summed E-state index contributed by atoms with van der Waals surface area (Å²) in [4.78, 5) is 14.3. The van der Waals surface area contributed by atoms with Gasteiger partial charge in [0.25, 0.3) is 0 Å². The molecule has 1 rings (SSSR count). The quantitative estimate of drug-likeness (QED) is 0.763. The van der Waals surface area contributed by atoms with E-state index in [1.165, 1.54) is 24.8 Å². The van der Waals surface area contributed by atoms with Crippen LogP contribution in [0.5, 0.6) is 0 Å². The van der Waals surface area contributed by atoms with E-state index in [0.29, 0.717) is 0 Å². The molecule has 14 heavy (non-hydrogen) atoms. The first-order valence-corrected chi connectivity index (χ1v) is 5.93. The largest absolute Gasteiger partial charge is 0.326 e. The van der Waals surface area contributed by atoms with Crippen LogP contribution in [0.4, 0.5) is 0 Å². The summed E-state index contributed by atoms with van der Waals surface area (Å²) in [6, 6.07) is 10.6. The minimum absolute atomic E-state index is 1.23. The first-order valence-electron chi connectivity index (χ1n) is 4.62. The summed E-state index contributed by atoms with van der Waals surface area (Å²) in [5, 5.41) is 0. The van der Waals surface area contributed by atoms with Gasteiger partial charge < -0.3 is 9.79 Å². The topological polar surface area (TPSA) is 57.5 Å². The molecular formula is C10H17O3P. The molecule has 0 radical (unpaired) electrons. The molecule has 4 heteroatoms. The lowest BCUT2D eigenvalue weighted by Gasteiger charge is -1.96. The zero-order valence-electron chi connectivity index (χ0n) is 8.31. The molecule has 0 fully saturated rings. The average Bonchev–Trinajstić information content (AvgIpc) is 2.15. The van der Waals surface area contributed by atoms with Gasteiger partial charge >= 0.3 is 8.25 Å². The van der Waals surface area contributed by atoms with E-state index in [2.05, 4.69) is 37.3 Å². The van der Waals surface area contributed by atoms with Crippen molar-refractivity contribution < 1.29 is 14.4 Å². The Morgan fingerprint density at radius 3 is 2.14 bits per heavy atom. The molecule has 0 saturated heterocycles. The van der Waals surface area contributed by atoms with Gasteiger partial charge in [-0.3, -0.25) is 4.57 Å². The number of hydrogen-bond donors (Lipinski definition) is 2. The Morgan fingerprint density at radius 2 is 1.71 bits per heavy atom. The summed E-state index contributed by atoms with van der Waals surface area (Å²) in [5.74, 6) is 0. The van der Waals surface area contributed by atoms with Crippen LogP contribution in [-0.4, -0.2) is 9.79 Å². The second-order valence-electron chi connectivity index (χ2n) is 2.87. The second-order valence-corrected chi connectivity index (χ2v) is 3.44. The van der Waals surface area contributed by atoms with Crippen LogP contribution >= 0.6 is 8.25 Å². The van der Waals surface area contributed by atoms with Crippen LogP contribution in [0.25, 0.3) is 0 Å². The monoisotopic (exact) mass is 216 g/mol. The number of aryl methyl sites for hydroxylation is 1. The summed E-state index contributed by atoms with van der Waals surface area (Å²) >= 11 is 0. The van der Waals surface area contributed by atoms with E-state index in [9.17, 15) is 0 Å². The number of hydrogen-bond acceptors (Lipinski definition) is 1. The molecule has 0 spiro atoms. The molecule has 0 aliphatic heterocycles. The first kappa shape index (κ1) is 13.4. The van der Waals surface area contributed by atoms with Crippen LogP contribution in [0, 0.1) is 0 Å². The third-order valence-electron chi connectivity index (χ3n) is 1.66. The predicted octanol–water partition coefficient (Wildman–Crippen LogP) is 2.39. The standard InChI is InChI=1S/C10H14.H3O3P/c1-2-3-7-10-8-5-4-6-9-10;1-4(2)3/h4-6,8-9H,2-3,7H2,1H3;4H,(H2,1,2,3). The van der Waals surface area contributed by atoms with Crippen LogP contribution < -0.4 is 0 Å². The number of benzene rings is 1. The number of unbranched alkanes of at least 4 members (excludes halogenated alkanes) is 1. The van der Waals surface area contributed by atoms with E-state index in [1.807, 2.05) is 0 Å². The molecular weight excluding hydrogens is 199 g/mol. The fourth-order valence-corrected chi connectivity index (χ4v) is 1.03. The first-order chi connectivity index (χ1) is 6.66. The van der Waals surface area contributed by atoms with Crippen molar-refractivity contribution in [1.82, 2.24) is 0 Å². The van der Waals surface area contributed by atoms with Crippen molar-refractivity contribution in [2.24, 2.45) is 0 Å². The van der Waals surface area contributed by atoms with Crippen molar-refractivity contribution in [1.29, 1.82) is 0 Å². The van der Waals surface area contributed by atoms with Crippen molar-refractivity contribution in [3.63, 3.8) is 0 Å². The normalized spacial score (nSPS) is 9.43. The van der Waals surface area contributed by atoms with Crippen molar-refractivity contribution in [2.45, 2.75) is 26.2 Å². The van der Waals surface area contributed by atoms with E-state index in [-0.39, 0.29) is 0 Å². The lowest BCUT2D eigenvalue weighted by Crippen LogP contribution is -1.81. The third kappa shape index (κ3) is 9.46. The van der Waals surface area contributed by atoms with Crippen LogP contribution in [0.1, 0.15) is 25.3 Å². The summed E-state index contributed by atoms with van der Waals surface area (Å²) in [5.41, 5.74) is 1.46. The Labute approximate surface area is 85.4 Å². The molecule has 0 amide bonds. The van der Waals surface area contributed by atoms with Crippen LogP contribution in [0.15, 0.2) is 30.3 Å². The Balaban J connectivity index is 0.000000364. The van der Waals surface area contributed by atoms with Gasteiger partial charge in [-0.05, 0) is 18.4 Å². The highest BCUT2D eigenvalue weighted by Gasteiger charge is 1.87. The predicted molar refractivity (Wildman–Crippen MR) is 58.5 cm³/mol. The molecule has 1 aromatic rings. The maximum atomic E-state index is 8.74. The third-order valence-corrected chi connectivity index (χ3v) is 1.66. The van der Waals surface area contributed by atoms with Gasteiger partial charge in [0.2, 0.25) is 0 Å². The SMILES string of the molecule is CCCCc1ccccc1.O=[PH](O)O. The molecule has 0 heterocycles. The second kappa shape index (κ2) is 8.95. The van der Waals surface area contributed by atoms with E-state index in [4.69, 9.17) is 14.4 Å². The highest BCUT2D eigenvalue weighted by atomic mass is 31.1. The van der Waals surface area contributed by atoms with Gasteiger partial charge in [-0.15, -0.1) is 0 Å². The Hall–Kier alpha value is -0.630. The Bertz CT molecular complexity index is 245. The van der Waals surface area contributed by atoms with Crippen LogP contribution in [0.2, 0.25) is 0 Å². The Kier molecular flexibility index (Phi) is 8.54. The molecule has 0 aromatic heterocycles. The maximum absolute atomic E-state index is 8.74. The summed E-state index contributed by atoms with van der Waals surface area (Å²) in [7, 11) is -3.13. The molecule has 0 bridgehead atoms. The highest BCUT2D eigenvalue weighted by molar-refractivity contribution is 7.30. The highest BCUT2D eigenvalue weighted by Crippen LogP contribution is 2.03. The van der Waals surface area contributed by atoms with Crippen LogP contribution in [-0.2, 0) is 11.0 Å². The van der Waals surface area contributed by atoms with Gasteiger partial charge in [0.05, 0.1) is 0 Å². The zero-order chi connectivity index (χ0) is 10.8. The summed E-state index contributed by atoms with van der Waals surface area (Å²) < 4.78 is 8.74. The molecule has 2 N–H and O–H groups in total. The molecule has 3 nitrogen and oxygen atoms in total. The summed E-state index contributed by atoms with van der Waals surface area (Å²) in [6.07, 6.45) is 3.83. The van der Waals surface area contributed by atoms with Crippen LogP contribution in [0.3, 0.4) is 0 Å². The van der Waals surface area contributed by atoms with Gasteiger partial charge in [0, 0.05) is 0 Å². The van der Waals surface area contributed by atoms with Gasteiger partial charge in [-0.25, -0.2) is 0 Å². The smallest absolute Gasteiger partial charge is 0.314 e. The van der Waals surface area contributed by atoms with Crippen molar-refractivity contribution >= 4 is 8.25 Å². The lowest BCUT2D eigenvalue weighted by molar-refractivity contribution is 0.405. The Morgan fingerprint density at radius 1 is 1.21 bits per heavy atom. The minimum Gasteiger partial charge on any atom is -0.326 e. The zero-order valence-corrected chi connectivity index (χ0v) is 9.31. The summed E-state index contributed by atoms with van der Waals surface area (Å²) in [6.45, 7) is 2.23. The van der Waals surface area contributed by atoms with Crippen molar-refractivity contribution in [2.75, 3.05) is 0 Å².